The Morgan fingerprint density at radius 2 is 2.08 bits per heavy atom. The van der Waals surface area contributed by atoms with Crippen molar-refractivity contribution in [2.24, 2.45) is 0 Å². The van der Waals surface area contributed by atoms with Crippen LogP contribution in [-0.2, 0) is 9.59 Å². The minimum Gasteiger partial charge on any atom is -0.476 e. The van der Waals surface area contributed by atoms with Crippen molar-refractivity contribution in [1.82, 2.24) is 4.90 Å². The molecule has 142 valence electrons. The zero-order valence-corrected chi connectivity index (χ0v) is 15.6. The SMILES string of the molecule is CC1(C)Oc2ccccc2N(CCC(=O)N2CCCCC2CCO)C1=O. The summed E-state index contributed by atoms with van der Waals surface area (Å²) in [6.07, 6.45) is 3.94. The van der Waals surface area contributed by atoms with E-state index in [4.69, 9.17) is 4.74 Å². The Hall–Kier alpha value is -2.08. The number of anilines is 1. The van der Waals surface area contributed by atoms with Crippen LogP contribution in [0.15, 0.2) is 24.3 Å². The van der Waals surface area contributed by atoms with Crippen molar-refractivity contribution in [1.29, 1.82) is 0 Å². The molecule has 0 aromatic heterocycles. The molecule has 1 fully saturated rings. The number of piperidine rings is 1. The summed E-state index contributed by atoms with van der Waals surface area (Å²) in [5.41, 5.74) is -0.225. The molecule has 0 radical (unpaired) electrons. The summed E-state index contributed by atoms with van der Waals surface area (Å²) >= 11 is 0. The Bertz CT molecular complexity index is 672. The number of aliphatic hydroxyl groups excluding tert-OH is 1. The quantitative estimate of drug-likeness (QED) is 0.875. The van der Waals surface area contributed by atoms with Crippen molar-refractivity contribution in [3.8, 4) is 5.75 Å². The minimum atomic E-state index is -0.943. The lowest BCUT2D eigenvalue weighted by molar-refractivity contribution is -0.135. The summed E-state index contributed by atoms with van der Waals surface area (Å²) in [4.78, 5) is 29.1. The van der Waals surface area contributed by atoms with Gasteiger partial charge in [0.1, 0.15) is 5.75 Å². The first kappa shape index (κ1) is 18.7. The van der Waals surface area contributed by atoms with Gasteiger partial charge >= 0.3 is 0 Å². The zero-order valence-electron chi connectivity index (χ0n) is 15.6. The number of nitrogens with zero attached hydrogens (tertiary/aromatic N) is 2. The Kier molecular flexibility index (Phi) is 5.51. The molecule has 1 atom stereocenters. The highest BCUT2D eigenvalue weighted by molar-refractivity contribution is 6.02. The molecule has 6 nitrogen and oxygen atoms in total. The average molecular weight is 360 g/mol. The van der Waals surface area contributed by atoms with Gasteiger partial charge in [-0.15, -0.1) is 0 Å². The van der Waals surface area contributed by atoms with E-state index in [1.807, 2.05) is 29.2 Å². The van der Waals surface area contributed by atoms with Crippen molar-refractivity contribution in [3.05, 3.63) is 24.3 Å². The van der Waals surface area contributed by atoms with Gasteiger partial charge in [0.15, 0.2) is 5.60 Å². The number of fused-ring (bicyclic) bond motifs is 1. The molecule has 2 aliphatic heterocycles. The molecule has 1 aromatic carbocycles. The third kappa shape index (κ3) is 3.70. The molecule has 6 heteroatoms. The van der Waals surface area contributed by atoms with E-state index in [1.54, 1.807) is 18.7 Å². The van der Waals surface area contributed by atoms with Crippen molar-refractivity contribution in [3.63, 3.8) is 0 Å². The molecule has 2 heterocycles. The lowest BCUT2D eigenvalue weighted by Crippen LogP contribution is -2.53. The predicted octanol–water partition coefficient (Wildman–Crippen LogP) is 2.34. The maximum absolute atomic E-state index is 12.8. The molecule has 1 unspecified atom stereocenters. The Balaban J connectivity index is 1.72. The van der Waals surface area contributed by atoms with Gasteiger partial charge < -0.3 is 19.6 Å². The molecule has 26 heavy (non-hydrogen) atoms. The molecule has 0 spiro atoms. The van der Waals surface area contributed by atoms with Crippen molar-refractivity contribution in [2.45, 2.75) is 57.6 Å². The van der Waals surface area contributed by atoms with Crippen LogP contribution in [0.4, 0.5) is 5.69 Å². The molecular weight excluding hydrogens is 332 g/mol. The first-order chi connectivity index (χ1) is 12.4. The summed E-state index contributed by atoms with van der Waals surface area (Å²) in [6.45, 7) is 4.68. The number of hydrogen-bond acceptors (Lipinski definition) is 4. The van der Waals surface area contributed by atoms with E-state index in [1.165, 1.54) is 0 Å². The molecule has 2 aliphatic rings. The number of hydrogen-bond donors (Lipinski definition) is 1. The number of amides is 2. The first-order valence-corrected chi connectivity index (χ1v) is 9.44. The monoisotopic (exact) mass is 360 g/mol. The van der Waals surface area contributed by atoms with E-state index in [0.29, 0.717) is 18.7 Å². The lowest BCUT2D eigenvalue weighted by atomic mass is 9.99. The molecule has 1 aromatic rings. The number of para-hydroxylation sites is 2. The maximum Gasteiger partial charge on any atom is 0.270 e. The van der Waals surface area contributed by atoms with E-state index in [-0.39, 0.29) is 30.9 Å². The lowest BCUT2D eigenvalue weighted by Gasteiger charge is -2.39. The van der Waals surface area contributed by atoms with Gasteiger partial charge in [-0.3, -0.25) is 9.59 Å². The van der Waals surface area contributed by atoms with Gasteiger partial charge in [-0.2, -0.15) is 0 Å². The number of ether oxygens (including phenoxy) is 1. The van der Waals surface area contributed by atoms with Crippen molar-refractivity contribution in [2.75, 3.05) is 24.6 Å². The minimum absolute atomic E-state index is 0.0535. The van der Waals surface area contributed by atoms with Gasteiger partial charge in [0.05, 0.1) is 5.69 Å². The van der Waals surface area contributed by atoms with Crippen LogP contribution in [0.5, 0.6) is 5.75 Å². The predicted molar refractivity (Wildman–Crippen MR) is 99.2 cm³/mol. The smallest absolute Gasteiger partial charge is 0.270 e. The Labute approximate surface area is 154 Å². The van der Waals surface area contributed by atoms with Gasteiger partial charge in [0.2, 0.25) is 5.91 Å². The highest BCUT2D eigenvalue weighted by atomic mass is 16.5. The van der Waals surface area contributed by atoms with Gasteiger partial charge in [-0.25, -0.2) is 0 Å². The third-order valence-corrected chi connectivity index (χ3v) is 5.24. The van der Waals surface area contributed by atoms with E-state index >= 15 is 0 Å². The summed E-state index contributed by atoms with van der Waals surface area (Å²) in [5.74, 6) is 0.591. The topological polar surface area (TPSA) is 70.1 Å². The van der Waals surface area contributed by atoms with Crippen LogP contribution in [0.2, 0.25) is 0 Å². The van der Waals surface area contributed by atoms with E-state index in [0.717, 1.165) is 31.5 Å². The van der Waals surface area contributed by atoms with Gasteiger partial charge in [0.25, 0.3) is 5.91 Å². The number of carbonyl (C=O) groups excluding carboxylic acids is 2. The molecule has 2 amide bonds. The van der Waals surface area contributed by atoms with E-state index in [9.17, 15) is 14.7 Å². The molecule has 1 N–H and O–H groups in total. The second kappa shape index (κ2) is 7.66. The summed E-state index contributed by atoms with van der Waals surface area (Å²) in [7, 11) is 0. The number of likely N-dealkylation sites (tertiary alicyclic amines) is 1. The third-order valence-electron chi connectivity index (χ3n) is 5.24. The number of rotatable bonds is 5. The van der Waals surface area contributed by atoms with Gasteiger partial charge in [0, 0.05) is 32.2 Å². The molecule has 3 rings (SSSR count). The average Bonchev–Trinajstić information content (AvgIpc) is 2.62. The molecule has 0 bridgehead atoms. The molecule has 0 saturated carbocycles. The summed E-state index contributed by atoms with van der Waals surface area (Å²) in [6, 6.07) is 7.56. The molecule has 1 saturated heterocycles. The molecular formula is C20H28N2O4. The summed E-state index contributed by atoms with van der Waals surface area (Å²) < 4.78 is 5.82. The van der Waals surface area contributed by atoms with Crippen LogP contribution in [0, 0.1) is 0 Å². The fraction of sp³-hybridized carbons (Fsp3) is 0.600. The van der Waals surface area contributed by atoms with Gasteiger partial charge in [-0.05, 0) is 51.7 Å². The fourth-order valence-electron chi connectivity index (χ4n) is 3.87. The van der Waals surface area contributed by atoms with Crippen LogP contribution >= 0.6 is 0 Å². The van der Waals surface area contributed by atoms with Crippen LogP contribution in [0.3, 0.4) is 0 Å². The maximum atomic E-state index is 12.8. The number of aliphatic hydroxyl groups is 1. The second-order valence-electron chi connectivity index (χ2n) is 7.54. The van der Waals surface area contributed by atoms with Crippen LogP contribution < -0.4 is 9.64 Å². The van der Waals surface area contributed by atoms with Crippen LogP contribution in [0.1, 0.15) is 46.0 Å². The molecule has 0 aliphatic carbocycles. The zero-order chi connectivity index (χ0) is 18.7. The normalized spacial score (nSPS) is 22.0. The first-order valence-electron chi connectivity index (χ1n) is 9.44. The van der Waals surface area contributed by atoms with Crippen molar-refractivity contribution < 1.29 is 19.4 Å². The Morgan fingerprint density at radius 3 is 2.85 bits per heavy atom. The summed E-state index contributed by atoms with van der Waals surface area (Å²) in [5, 5.41) is 9.25. The van der Waals surface area contributed by atoms with E-state index in [2.05, 4.69) is 0 Å². The second-order valence-corrected chi connectivity index (χ2v) is 7.54. The highest BCUT2D eigenvalue weighted by Crippen LogP contribution is 2.37. The highest BCUT2D eigenvalue weighted by Gasteiger charge is 2.41. The van der Waals surface area contributed by atoms with Crippen LogP contribution in [0.25, 0.3) is 0 Å². The number of carbonyl (C=O) groups is 2. The van der Waals surface area contributed by atoms with Gasteiger partial charge in [-0.1, -0.05) is 12.1 Å². The van der Waals surface area contributed by atoms with Crippen LogP contribution in [-0.4, -0.2) is 53.2 Å². The van der Waals surface area contributed by atoms with Crippen molar-refractivity contribution >= 4 is 17.5 Å². The fourth-order valence-corrected chi connectivity index (χ4v) is 3.87. The standard InChI is InChI=1S/C20H28N2O4/c1-20(2)19(25)22(16-8-3-4-9-17(16)26-20)13-10-18(24)21-12-6-5-7-15(21)11-14-23/h3-4,8-9,15,23H,5-7,10-14H2,1-2H3. The van der Waals surface area contributed by atoms with E-state index < -0.39 is 5.60 Å². The Morgan fingerprint density at radius 1 is 1.31 bits per heavy atom. The largest absolute Gasteiger partial charge is 0.476 e. The number of benzene rings is 1.